The van der Waals surface area contributed by atoms with Gasteiger partial charge in [-0.2, -0.15) is 0 Å². The van der Waals surface area contributed by atoms with E-state index in [9.17, 15) is 15.2 Å². The van der Waals surface area contributed by atoms with Crippen molar-refractivity contribution in [3.05, 3.63) is 62.7 Å². The van der Waals surface area contributed by atoms with Gasteiger partial charge in [0.25, 0.3) is 5.69 Å². The maximum Gasteiger partial charge on any atom is 0.270 e. The lowest BCUT2D eigenvalue weighted by atomic mass is 10.1. The molecule has 0 aliphatic rings. The Morgan fingerprint density at radius 3 is 2.38 bits per heavy atom. The van der Waals surface area contributed by atoms with Crippen LogP contribution in [0.15, 0.2) is 35.3 Å². The van der Waals surface area contributed by atoms with Crippen molar-refractivity contribution >= 4 is 17.6 Å². The van der Waals surface area contributed by atoms with Crippen molar-refractivity contribution in [2.24, 2.45) is 4.99 Å². The highest BCUT2D eigenvalue weighted by atomic mass is 16.6. The van der Waals surface area contributed by atoms with Crippen LogP contribution in [0.3, 0.4) is 0 Å². The summed E-state index contributed by atoms with van der Waals surface area (Å²) in [4.78, 5) is 14.6. The third kappa shape index (κ3) is 3.25. The Balaban J connectivity index is 2.40. The maximum atomic E-state index is 12.0. The van der Waals surface area contributed by atoms with E-state index >= 15 is 0 Å². The van der Waals surface area contributed by atoms with E-state index in [-0.39, 0.29) is 17.0 Å². The minimum Gasteiger partial charge on any atom is -0.872 e. The van der Waals surface area contributed by atoms with E-state index in [1.807, 2.05) is 32.0 Å². The first kappa shape index (κ1) is 14.7. The van der Waals surface area contributed by atoms with Gasteiger partial charge in [0.1, 0.15) is 0 Å². The summed E-state index contributed by atoms with van der Waals surface area (Å²) < 4.78 is 0. The smallest absolute Gasteiger partial charge is 0.270 e. The number of hydrogen-bond donors (Lipinski definition) is 0. The molecule has 0 fully saturated rings. The van der Waals surface area contributed by atoms with Crippen LogP contribution in [0.2, 0.25) is 0 Å². The van der Waals surface area contributed by atoms with Gasteiger partial charge in [-0.1, -0.05) is 17.4 Å². The zero-order valence-electron chi connectivity index (χ0n) is 12.1. The standard InChI is InChI=1S/C16H16N2O3/c1-10-4-5-14(6-11(10)2)17-9-13-8-15(18(20)21)7-12(3)16(13)19/h4-9,19H,1-3H3/p-1. The lowest BCUT2D eigenvalue weighted by Crippen LogP contribution is -2.01. The van der Waals surface area contributed by atoms with Crippen molar-refractivity contribution in [3.8, 4) is 5.75 Å². The second kappa shape index (κ2) is 5.75. The van der Waals surface area contributed by atoms with Crippen LogP contribution in [-0.4, -0.2) is 11.1 Å². The van der Waals surface area contributed by atoms with E-state index in [4.69, 9.17) is 0 Å². The van der Waals surface area contributed by atoms with Gasteiger partial charge in [0.2, 0.25) is 0 Å². The molecule has 0 atom stereocenters. The average molecular weight is 283 g/mol. The molecular formula is C16H15N2O3-. The van der Waals surface area contributed by atoms with Crippen LogP contribution in [0, 0.1) is 30.9 Å². The molecule has 0 saturated heterocycles. The highest BCUT2D eigenvalue weighted by Gasteiger charge is 2.08. The quantitative estimate of drug-likeness (QED) is 0.492. The van der Waals surface area contributed by atoms with Crippen molar-refractivity contribution in [2.45, 2.75) is 20.8 Å². The molecule has 108 valence electrons. The third-order valence-corrected chi connectivity index (χ3v) is 3.34. The highest BCUT2D eigenvalue weighted by Crippen LogP contribution is 2.25. The molecular weight excluding hydrogens is 268 g/mol. The molecule has 2 aromatic carbocycles. The molecule has 0 unspecified atom stereocenters. The van der Waals surface area contributed by atoms with Crippen LogP contribution < -0.4 is 5.11 Å². The summed E-state index contributed by atoms with van der Waals surface area (Å²) in [6, 6.07) is 8.21. The minimum atomic E-state index is -0.514. The molecule has 0 N–H and O–H groups in total. The number of nitro benzene ring substituents is 1. The monoisotopic (exact) mass is 283 g/mol. The predicted octanol–water partition coefficient (Wildman–Crippen LogP) is 3.34. The Morgan fingerprint density at radius 2 is 1.76 bits per heavy atom. The number of nitro groups is 1. The summed E-state index contributed by atoms with van der Waals surface area (Å²) in [5.41, 5.74) is 3.42. The first-order valence-corrected chi connectivity index (χ1v) is 6.46. The summed E-state index contributed by atoms with van der Waals surface area (Å²) in [5, 5.41) is 22.8. The maximum absolute atomic E-state index is 12.0. The Labute approximate surface area is 122 Å². The molecule has 0 aliphatic heterocycles. The van der Waals surface area contributed by atoms with E-state index in [0.29, 0.717) is 11.3 Å². The van der Waals surface area contributed by atoms with E-state index in [1.54, 1.807) is 6.92 Å². The SMILES string of the molecule is Cc1ccc(N=Cc2cc([N+](=O)[O-])cc(C)c2[O-])cc1C. The largest absolute Gasteiger partial charge is 0.872 e. The molecule has 2 aromatic rings. The highest BCUT2D eigenvalue weighted by molar-refractivity contribution is 5.87. The lowest BCUT2D eigenvalue weighted by molar-refractivity contribution is -0.385. The van der Waals surface area contributed by atoms with Gasteiger partial charge in [-0.25, -0.2) is 0 Å². The third-order valence-electron chi connectivity index (χ3n) is 3.34. The zero-order chi connectivity index (χ0) is 15.6. The van der Waals surface area contributed by atoms with Gasteiger partial charge >= 0.3 is 0 Å². The summed E-state index contributed by atoms with van der Waals surface area (Å²) >= 11 is 0. The van der Waals surface area contributed by atoms with Gasteiger partial charge in [0.05, 0.1) is 10.6 Å². The summed E-state index contributed by atoms with van der Waals surface area (Å²) in [6.45, 7) is 5.54. The number of aliphatic imine (C=N–C) groups is 1. The van der Waals surface area contributed by atoms with Gasteiger partial charge in [-0.05, 0) is 49.6 Å². The molecule has 0 saturated carbocycles. The number of hydrogen-bond acceptors (Lipinski definition) is 4. The number of aryl methyl sites for hydroxylation is 3. The zero-order valence-corrected chi connectivity index (χ0v) is 12.1. The van der Waals surface area contributed by atoms with Crippen LogP contribution in [0.5, 0.6) is 5.75 Å². The molecule has 5 heteroatoms. The second-order valence-corrected chi connectivity index (χ2v) is 4.96. The molecule has 0 heterocycles. The van der Waals surface area contributed by atoms with Crippen LogP contribution in [0.4, 0.5) is 11.4 Å². The van der Waals surface area contributed by atoms with E-state index in [2.05, 4.69) is 4.99 Å². The van der Waals surface area contributed by atoms with Crippen molar-refractivity contribution in [1.29, 1.82) is 0 Å². The van der Waals surface area contributed by atoms with Crippen molar-refractivity contribution in [2.75, 3.05) is 0 Å². The Kier molecular flexibility index (Phi) is 4.03. The topological polar surface area (TPSA) is 78.6 Å². The number of benzene rings is 2. The Bertz CT molecular complexity index is 737. The van der Waals surface area contributed by atoms with Crippen LogP contribution >= 0.6 is 0 Å². The normalized spacial score (nSPS) is 11.0. The molecule has 5 nitrogen and oxygen atoms in total. The van der Waals surface area contributed by atoms with Gasteiger partial charge in [-0.15, -0.1) is 0 Å². The summed E-state index contributed by atoms with van der Waals surface area (Å²) in [7, 11) is 0. The Hall–Kier alpha value is -2.69. The minimum absolute atomic E-state index is 0.103. The Morgan fingerprint density at radius 1 is 1.05 bits per heavy atom. The van der Waals surface area contributed by atoms with Gasteiger partial charge in [0, 0.05) is 18.3 Å². The first-order chi connectivity index (χ1) is 9.88. The second-order valence-electron chi connectivity index (χ2n) is 4.96. The van der Waals surface area contributed by atoms with Crippen LogP contribution in [0.25, 0.3) is 0 Å². The number of rotatable bonds is 3. The fourth-order valence-corrected chi connectivity index (χ4v) is 1.93. The van der Waals surface area contributed by atoms with Crippen LogP contribution in [0.1, 0.15) is 22.3 Å². The molecule has 0 aromatic heterocycles. The number of non-ortho nitro benzene ring substituents is 1. The summed E-state index contributed by atoms with van der Waals surface area (Å²) in [6.07, 6.45) is 1.38. The van der Waals surface area contributed by atoms with E-state index in [0.717, 1.165) is 11.1 Å². The lowest BCUT2D eigenvalue weighted by Gasteiger charge is -2.13. The average Bonchev–Trinajstić information content (AvgIpc) is 2.43. The van der Waals surface area contributed by atoms with Gasteiger partial charge in [0.15, 0.2) is 0 Å². The number of nitrogens with zero attached hydrogens (tertiary/aromatic N) is 2. The molecule has 2 rings (SSSR count). The fourth-order valence-electron chi connectivity index (χ4n) is 1.93. The van der Waals surface area contributed by atoms with E-state index in [1.165, 1.54) is 18.3 Å². The molecule has 0 spiro atoms. The molecule has 0 bridgehead atoms. The molecule has 0 radical (unpaired) electrons. The summed E-state index contributed by atoms with van der Waals surface area (Å²) in [5.74, 6) is -0.242. The predicted molar refractivity (Wildman–Crippen MR) is 80.4 cm³/mol. The molecule has 0 aliphatic carbocycles. The van der Waals surface area contributed by atoms with Gasteiger partial charge < -0.3 is 5.11 Å². The molecule has 0 amide bonds. The first-order valence-electron chi connectivity index (χ1n) is 6.46. The fraction of sp³-hybridized carbons (Fsp3) is 0.188. The molecule has 21 heavy (non-hydrogen) atoms. The van der Waals surface area contributed by atoms with Crippen molar-refractivity contribution in [1.82, 2.24) is 0 Å². The van der Waals surface area contributed by atoms with E-state index < -0.39 is 4.92 Å². The van der Waals surface area contributed by atoms with Crippen molar-refractivity contribution in [3.63, 3.8) is 0 Å². The van der Waals surface area contributed by atoms with Gasteiger partial charge in [-0.3, -0.25) is 15.1 Å². The van der Waals surface area contributed by atoms with Crippen LogP contribution in [-0.2, 0) is 0 Å². The van der Waals surface area contributed by atoms with Crippen molar-refractivity contribution < 1.29 is 10.0 Å².